The monoisotopic (exact) mass is 363 g/mol. The first-order valence-electron chi connectivity index (χ1n) is 9.18. The molecule has 1 aliphatic heterocycles. The van der Waals surface area contributed by atoms with Crippen LogP contribution in [0.25, 0.3) is 0 Å². The third-order valence-electron chi connectivity index (χ3n) is 5.31. The first kappa shape index (κ1) is 17.3. The number of rotatable bonds is 5. The van der Waals surface area contributed by atoms with Crippen molar-refractivity contribution in [3.63, 3.8) is 0 Å². The lowest BCUT2D eigenvalue weighted by atomic mass is 10.1. The fraction of sp³-hybridized carbons (Fsp3) is 0.217. The van der Waals surface area contributed by atoms with Crippen molar-refractivity contribution in [3.8, 4) is 0 Å². The van der Waals surface area contributed by atoms with Crippen LogP contribution in [-0.2, 0) is 13.1 Å². The molecule has 3 heteroatoms. The number of halogens is 1. The van der Waals surface area contributed by atoms with Gasteiger partial charge in [0.1, 0.15) is 13.1 Å². The van der Waals surface area contributed by atoms with E-state index in [0.717, 1.165) is 35.7 Å². The number of nitrogens with zero attached hydrogens (tertiary/aromatic N) is 1. The Morgan fingerprint density at radius 3 is 1.85 bits per heavy atom. The summed E-state index contributed by atoms with van der Waals surface area (Å²) in [5.74, 6) is 0. The van der Waals surface area contributed by atoms with Crippen LogP contribution < -0.4 is 5.32 Å². The molecule has 3 aromatic carbocycles. The minimum atomic E-state index is 0.271. The fourth-order valence-corrected chi connectivity index (χ4v) is 4.24. The maximum atomic E-state index is 6.12. The summed E-state index contributed by atoms with van der Waals surface area (Å²) in [7, 11) is 0. The van der Waals surface area contributed by atoms with Gasteiger partial charge < -0.3 is 0 Å². The number of hydrogen-bond donors (Lipinski definition) is 1. The van der Waals surface area contributed by atoms with Crippen molar-refractivity contribution in [1.29, 1.82) is 0 Å². The molecule has 1 unspecified atom stereocenters. The molecule has 0 amide bonds. The topological polar surface area (TPSA) is 12.0 Å². The molecule has 0 aliphatic carbocycles. The molecule has 132 valence electrons. The van der Waals surface area contributed by atoms with Gasteiger partial charge in [-0.3, -0.25) is 9.80 Å². The lowest BCUT2D eigenvalue weighted by Gasteiger charge is -2.40. The van der Waals surface area contributed by atoms with E-state index in [4.69, 9.17) is 11.6 Å². The largest absolute Gasteiger partial charge is 0.296 e. The molecular formula is C23H24ClN2+. The maximum Gasteiger partial charge on any atom is 0.170 e. The molecule has 3 aromatic rings. The highest BCUT2D eigenvalue weighted by molar-refractivity contribution is 6.30. The summed E-state index contributed by atoms with van der Waals surface area (Å²) >= 11 is 6.12. The minimum Gasteiger partial charge on any atom is -0.296 e. The second-order valence-electron chi connectivity index (χ2n) is 7.14. The Bertz CT molecular complexity index is 790. The summed E-state index contributed by atoms with van der Waals surface area (Å²) < 4.78 is 0.982. The highest BCUT2D eigenvalue weighted by Crippen LogP contribution is 2.35. The van der Waals surface area contributed by atoms with E-state index in [1.807, 2.05) is 12.1 Å². The minimum absolute atomic E-state index is 0.271. The van der Waals surface area contributed by atoms with Crippen molar-refractivity contribution in [2.75, 3.05) is 13.1 Å². The van der Waals surface area contributed by atoms with Gasteiger partial charge in [-0.1, -0.05) is 84.4 Å². The van der Waals surface area contributed by atoms with Crippen LogP contribution in [0.2, 0.25) is 5.02 Å². The van der Waals surface area contributed by atoms with E-state index in [0.29, 0.717) is 0 Å². The zero-order chi connectivity index (χ0) is 17.8. The number of nitrogens with one attached hydrogen (secondary N) is 1. The van der Waals surface area contributed by atoms with Gasteiger partial charge in [0.25, 0.3) is 0 Å². The highest BCUT2D eigenvalue weighted by Gasteiger charge is 2.42. The summed E-state index contributed by atoms with van der Waals surface area (Å²) in [6.45, 7) is 4.15. The van der Waals surface area contributed by atoms with Crippen LogP contribution >= 0.6 is 11.6 Å². The molecule has 2 nitrogen and oxygen atoms in total. The van der Waals surface area contributed by atoms with Gasteiger partial charge in [-0.05, 0) is 12.1 Å². The third-order valence-corrected chi connectivity index (χ3v) is 5.56. The van der Waals surface area contributed by atoms with Crippen LogP contribution in [0.4, 0.5) is 0 Å². The van der Waals surface area contributed by atoms with Crippen LogP contribution in [-0.4, -0.2) is 17.6 Å². The Kier molecular flexibility index (Phi) is 5.07. The van der Waals surface area contributed by atoms with Gasteiger partial charge in [-0.15, -0.1) is 0 Å². The first-order valence-corrected chi connectivity index (χ1v) is 9.55. The second kappa shape index (κ2) is 7.63. The van der Waals surface area contributed by atoms with Crippen molar-refractivity contribution < 1.29 is 4.48 Å². The molecule has 0 saturated carbocycles. The molecule has 1 aliphatic rings. The van der Waals surface area contributed by atoms with Gasteiger partial charge in [-0.25, -0.2) is 0 Å². The quantitative estimate of drug-likeness (QED) is 0.617. The Morgan fingerprint density at radius 1 is 0.769 bits per heavy atom. The van der Waals surface area contributed by atoms with Crippen LogP contribution in [0.5, 0.6) is 0 Å². The summed E-state index contributed by atoms with van der Waals surface area (Å²) in [5.41, 5.74) is 4.07. The average Bonchev–Trinajstić information content (AvgIpc) is 3.07. The van der Waals surface area contributed by atoms with Crippen LogP contribution in [0, 0.1) is 0 Å². The molecule has 1 N–H and O–H groups in total. The highest BCUT2D eigenvalue weighted by atomic mass is 35.5. The van der Waals surface area contributed by atoms with E-state index in [1.54, 1.807) is 0 Å². The molecule has 1 fully saturated rings. The zero-order valence-electron chi connectivity index (χ0n) is 14.8. The molecule has 4 rings (SSSR count). The Balaban J connectivity index is 1.72. The van der Waals surface area contributed by atoms with E-state index in [-0.39, 0.29) is 6.17 Å². The lowest BCUT2D eigenvalue weighted by molar-refractivity contribution is -0.971. The standard InChI is InChI=1S/C23H24ClN2/c24-22-13-11-21(12-14-22)23-25-15-16-26(23,17-19-7-3-1-4-8-19)18-20-9-5-2-6-10-20/h1-14,23,25H,15-18H2/q+1. The van der Waals surface area contributed by atoms with E-state index in [9.17, 15) is 0 Å². The predicted octanol–water partition coefficient (Wildman–Crippen LogP) is 5.16. The maximum absolute atomic E-state index is 6.12. The van der Waals surface area contributed by atoms with Crippen molar-refractivity contribution in [1.82, 2.24) is 5.32 Å². The SMILES string of the molecule is Clc1ccc(C2NCC[N+]2(Cc2ccccc2)Cc2ccccc2)cc1. The molecule has 1 atom stereocenters. The first-order chi connectivity index (χ1) is 12.8. The summed E-state index contributed by atoms with van der Waals surface area (Å²) in [4.78, 5) is 0. The van der Waals surface area contributed by atoms with Gasteiger partial charge in [0, 0.05) is 21.7 Å². The molecule has 0 bridgehead atoms. The summed E-state index contributed by atoms with van der Waals surface area (Å²) in [6, 6.07) is 30.0. The Hall–Kier alpha value is -2.13. The van der Waals surface area contributed by atoms with E-state index in [2.05, 4.69) is 78.1 Å². The van der Waals surface area contributed by atoms with Crippen LogP contribution in [0.3, 0.4) is 0 Å². The summed E-state index contributed by atoms with van der Waals surface area (Å²) in [6.07, 6.45) is 0.271. The molecular weight excluding hydrogens is 340 g/mol. The van der Waals surface area contributed by atoms with Crippen LogP contribution in [0.1, 0.15) is 22.9 Å². The van der Waals surface area contributed by atoms with Gasteiger partial charge in [0.2, 0.25) is 0 Å². The third kappa shape index (κ3) is 3.68. The molecule has 1 saturated heterocycles. The van der Waals surface area contributed by atoms with E-state index in [1.165, 1.54) is 16.7 Å². The average molecular weight is 364 g/mol. The van der Waals surface area contributed by atoms with Crippen molar-refractivity contribution >= 4 is 11.6 Å². The zero-order valence-corrected chi connectivity index (χ0v) is 15.6. The smallest absolute Gasteiger partial charge is 0.170 e. The predicted molar refractivity (Wildman–Crippen MR) is 108 cm³/mol. The van der Waals surface area contributed by atoms with E-state index < -0.39 is 0 Å². The van der Waals surface area contributed by atoms with Gasteiger partial charge >= 0.3 is 0 Å². The molecule has 0 aromatic heterocycles. The fourth-order valence-electron chi connectivity index (χ4n) is 4.12. The summed E-state index contributed by atoms with van der Waals surface area (Å²) in [5, 5.41) is 4.54. The molecule has 26 heavy (non-hydrogen) atoms. The molecule has 1 heterocycles. The van der Waals surface area contributed by atoms with Crippen molar-refractivity contribution in [2.24, 2.45) is 0 Å². The molecule has 0 radical (unpaired) electrons. The van der Waals surface area contributed by atoms with Crippen molar-refractivity contribution in [2.45, 2.75) is 19.3 Å². The Morgan fingerprint density at radius 2 is 1.31 bits per heavy atom. The number of hydrogen-bond acceptors (Lipinski definition) is 1. The Labute approximate surface area is 160 Å². The molecule has 0 spiro atoms. The van der Waals surface area contributed by atoms with Crippen molar-refractivity contribution in [3.05, 3.63) is 107 Å². The van der Waals surface area contributed by atoms with Gasteiger partial charge in [0.05, 0.1) is 13.1 Å². The van der Waals surface area contributed by atoms with E-state index >= 15 is 0 Å². The second-order valence-corrected chi connectivity index (χ2v) is 7.57. The number of quaternary nitrogens is 1. The van der Waals surface area contributed by atoms with Gasteiger partial charge in [-0.2, -0.15) is 0 Å². The van der Waals surface area contributed by atoms with Gasteiger partial charge in [0.15, 0.2) is 6.17 Å². The van der Waals surface area contributed by atoms with Crippen LogP contribution in [0.15, 0.2) is 84.9 Å². The lowest BCUT2D eigenvalue weighted by Crippen LogP contribution is -2.47. The number of benzene rings is 3. The normalized spacial score (nSPS) is 18.7.